The van der Waals surface area contributed by atoms with Crippen LogP contribution >= 0.6 is 0 Å². The third-order valence-electron chi connectivity index (χ3n) is 4.08. The summed E-state index contributed by atoms with van der Waals surface area (Å²) in [6.07, 6.45) is 3.92. The van der Waals surface area contributed by atoms with Crippen molar-refractivity contribution in [3.8, 4) is 11.4 Å². The number of nitrogens with one attached hydrogen (secondary N) is 1. The number of pyridine rings is 1. The molecule has 1 amide bonds. The fraction of sp³-hybridized carbons (Fsp3) is 0.200. The lowest BCUT2D eigenvalue weighted by Crippen LogP contribution is -2.30. The van der Waals surface area contributed by atoms with E-state index in [1.165, 1.54) is 10.6 Å². The van der Waals surface area contributed by atoms with Crippen molar-refractivity contribution in [3.05, 3.63) is 76.5 Å². The Balaban J connectivity index is 1.95. The molecule has 1 aromatic carbocycles. The number of amides is 1. The van der Waals surface area contributed by atoms with Crippen LogP contribution in [0.2, 0.25) is 0 Å². The summed E-state index contributed by atoms with van der Waals surface area (Å²) >= 11 is 0. The van der Waals surface area contributed by atoms with E-state index in [1.807, 2.05) is 38.1 Å². The second-order valence-corrected chi connectivity index (χ2v) is 5.95. The molecule has 6 nitrogen and oxygen atoms in total. The molecule has 2 heterocycles. The maximum Gasteiger partial charge on any atom is 0.254 e. The third-order valence-corrected chi connectivity index (χ3v) is 4.08. The summed E-state index contributed by atoms with van der Waals surface area (Å²) < 4.78 is 1.39. The van der Waals surface area contributed by atoms with Gasteiger partial charge in [0.05, 0.1) is 0 Å². The zero-order valence-corrected chi connectivity index (χ0v) is 14.8. The van der Waals surface area contributed by atoms with E-state index in [0.717, 1.165) is 16.8 Å². The molecule has 0 aliphatic carbocycles. The van der Waals surface area contributed by atoms with Crippen LogP contribution in [0.3, 0.4) is 0 Å². The first-order chi connectivity index (χ1) is 12.6. The molecule has 0 aliphatic heterocycles. The summed E-state index contributed by atoms with van der Waals surface area (Å²) in [6, 6.07) is 12.5. The van der Waals surface area contributed by atoms with E-state index in [2.05, 4.69) is 15.3 Å². The smallest absolute Gasteiger partial charge is 0.254 e. The van der Waals surface area contributed by atoms with E-state index < -0.39 is 0 Å². The molecule has 3 rings (SSSR count). The SMILES string of the molecule is CCc1cc(=O)n(CC(=O)Nc2ccccc2C)c(-c2ccncc2)n1. The molecule has 3 aromatic rings. The first kappa shape index (κ1) is 17.5. The zero-order chi connectivity index (χ0) is 18.5. The predicted octanol–water partition coefficient (Wildman–Crippen LogP) is 2.81. The van der Waals surface area contributed by atoms with Crippen molar-refractivity contribution in [2.45, 2.75) is 26.8 Å². The van der Waals surface area contributed by atoms with E-state index in [1.54, 1.807) is 24.5 Å². The Morgan fingerprint density at radius 1 is 1.15 bits per heavy atom. The summed E-state index contributed by atoms with van der Waals surface area (Å²) in [5.74, 6) is 0.194. The summed E-state index contributed by atoms with van der Waals surface area (Å²) in [5, 5.41) is 2.85. The van der Waals surface area contributed by atoms with Crippen LogP contribution in [0.1, 0.15) is 18.2 Å². The molecule has 6 heteroatoms. The molecule has 0 aliphatic rings. The first-order valence-electron chi connectivity index (χ1n) is 8.45. The van der Waals surface area contributed by atoms with Gasteiger partial charge in [-0.1, -0.05) is 25.1 Å². The van der Waals surface area contributed by atoms with E-state index >= 15 is 0 Å². The quantitative estimate of drug-likeness (QED) is 0.769. The van der Waals surface area contributed by atoms with Gasteiger partial charge >= 0.3 is 0 Å². The van der Waals surface area contributed by atoms with Gasteiger partial charge in [-0.15, -0.1) is 0 Å². The Bertz CT molecular complexity index is 981. The number of nitrogens with zero attached hydrogens (tertiary/aromatic N) is 3. The van der Waals surface area contributed by atoms with Crippen LogP contribution < -0.4 is 10.9 Å². The molecular formula is C20H20N4O2. The normalized spacial score (nSPS) is 10.5. The molecule has 0 saturated heterocycles. The minimum absolute atomic E-state index is 0.109. The third kappa shape index (κ3) is 3.85. The summed E-state index contributed by atoms with van der Waals surface area (Å²) in [5.41, 5.74) is 2.88. The minimum atomic E-state index is -0.275. The second-order valence-electron chi connectivity index (χ2n) is 5.95. The first-order valence-corrected chi connectivity index (χ1v) is 8.45. The molecule has 0 bridgehead atoms. The topological polar surface area (TPSA) is 76.9 Å². The van der Waals surface area contributed by atoms with E-state index in [9.17, 15) is 9.59 Å². The molecule has 0 atom stereocenters. The predicted molar refractivity (Wildman–Crippen MR) is 101 cm³/mol. The molecule has 0 spiro atoms. The van der Waals surface area contributed by atoms with Gasteiger partial charge in [0, 0.05) is 35.4 Å². The van der Waals surface area contributed by atoms with E-state index in [4.69, 9.17) is 0 Å². The lowest BCUT2D eigenvalue weighted by atomic mass is 10.2. The number of anilines is 1. The van der Waals surface area contributed by atoms with Crippen LogP contribution in [0, 0.1) is 6.92 Å². The standard InChI is InChI=1S/C20H20N4O2/c1-3-16-12-19(26)24(20(22-16)15-8-10-21-11-9-15)13-18(25)23-17-7-5-4-6-14(17)2/h4-12H,3,13H2,1-2H3,(H,23,25). The number of aryl methyl sites for hydroxylation is 2. The maximum atomic E-state index is 12.6. The zero-order valence-electron chi connectivity index (χ0n) is 14.8. The number of rotatable bonds is 5. The average molecular weight is 348 g/mol. The van der Waals surface area contributed by atoms with E-state index in [0.29, 0.717) is 17.9 Å². The number of benzene rings is 1. The molecule has 0 radical (unpaired) electrons. The Labute approximate surface area is 151 Å². The van der Waals surface area contributed by atoms with Crippen molar-refractivity contribution in [2.75, 3.05) is 5.32 Å². The van der Waals surface area contributed by atoms with Crippen LogP contribution in [0.15, 0.2) is 59.7 Å². The Morgan fingerprint density at radius 2 is 1.88 bits per heavy atom. The number of para-hydroxylation sites is 1. The second kappa shape index (κ2) is 7.74. The Morgan fingerprint density at radius 3 is 2.58 bits per heavy atom. The van der Waals surface area contributed by atoms with Crippen LogP contribution in [0.4, 0.5) is 5.69 Å². The lowest BCUT2D eigenvalue weighted by molar-refractivity contribution is -0.116. The summed E-state index contributed by atoms with van der Waals surface area (Å²) in [6.45, 7) is 3.75. The lowest BCUT2D eigenvalue weighted by Gasteiger charge is -2.14. The average Bonchev–Trinajstić information content (AvgIpc) is 2.65. The highest BCUT2D eigenvalue weighted by atomic mass is 16.2. The van der Waals surface area contributed by atoms with Crippen molar-refractivity contribution in [2.24, 2.45) is 0 Å². The van der Waals surface area contributed by atoms with Gasteiger partial charge < -0.3 is 5.32 Å². The Kier molecular flexibility index (Phi) is 5.22. The molecule has 0 fully saturated rings. The van der Waals surface area contributed by atoms with Crippen molar-refractivity contribution in [1.29, 1.82) is 0 Å². The van der Waals surface area contributed by atoms with Gasteiger partial charge in [-0.3, -0.25) is 19.1 Å². The highest BCUT2D eigenvalue weighted by molar-refractivity contribution is 5.91. The number of carbonyl (C=O) groups excluding carboxylic acids is 1. The van der Waals surface area contributed by atoms with Crippen LogP contribution in [-0.2, 0) is 17.8 Å². The van der Waals surface area contributed by atoms with Crippen molar-refractivity contribution < 1.29 is 4.79 Å². The number of hydrogen-bond acceptors (Lipinski definition) is 4. The molecule has 1 N–H and O–H groups in total. The molecule has 132 valence electrons. The fourth-order valence-corrected chi connectivity index (χ4v) is 2.66. The molecule has 2 aromatic heterocycles. The van der Waals surface area contributed by atoms with Gasteiger partial charge in [0.2, 0.25) is 5.91 Å². The van der Waals surface area contributed by atoms with Crippen molar-refractivity contribution >= 4 is 11.6 Å². The summed E-state index contributed by atoms with van der Waals surface area (Å²) in [7, 11) is 0. The molecule has 0 saturated carbocycles. The number of carbonyl (C=O) groups is 1. The van der Waals surface area contributed by atoms with Crippen LogP contribution in [0.25, 0.3) is 11.4 Å². The van der Waals surface area contributed by atoms with Gasteiger partial charge in [0.25, 0.3) is 5.56 Å². The van der Waals surface area contributed by atoms with Crippen LogP contribution in [-0.4, -0.2) is 20.4 Å². The highest BCUT2D eigenvalue weighted by Gasteiger charge is 2.14. The van der Waals surface area contributed by atoms with Crippen molar-refractivity contribution in [3.63, 3.8) is 0 Å². The molecule has 26 heavy (non-hydrogen) atoms. The largest absolute Gasteiger partial charge is 0.324 e. The van der Waals surface area contributed by atoms with Gasteiger partial charge in [-0.25, -0.2) is 4.98 Å². The molecule has 0 unspecified atom stereocenters. The van der Waals surface area contributed by atoms with Gasteiger partial charge in [-0.2, -0.15) is 0 Å². The maximum absolute atomic E-state index is 12.6. The van der Waals surface area contributed by atoms with Gasteiger partial charge in [-0.05, 0) is 37.1 Å². The Hall–Kier alpha value is -3.28. The monoisotopic (exact) mass is 348 g/mol. The fourth-order valence-electron chi connectivity index (χ4n) is 2.66. The molecular weight excluding hydrogens is 328 g/mol. The number of hydrogen-bond donors (Lipinski definition) is 1. The van der Waals surface area contributed by atoms with Crippen LogP contribution in [0.5, 0.6) is 0 Å². The highest BCUT2D eigenvalue weighted by Crippen LogP contribution is 2.16. The van der Waals surface area contributed by atoms with Crippen molar-refractivity contribution in [1.82, 2.24) is 14.5 Å². The van der Waals surface area contributed by atoms with Gasteiger partial charge in [0.15, 0.2) is 0 Å². The van der Waals surface area contributed by atoms with Gasteiger partial charge in [0.1, 0.15) is 12.4 Å². The van der Waals surface area contributed by atoms with E-state index in [-0.39, 0.29) is 18.0 Å². The summed E-state index contributed by atoms with van der Waals surface area (Å²) in [4.78, 5) is 33.6. The minimum Gasteiger partial charge on any atom is -0.324 e. The number of aromatic nitrogens is 3.